The van der Waals surface area contributed by atoms with Crippen LogP contribution < -0.4 is 5.32 Å². The Morgan fingerprint density at radius 1 is 1.47 bits per heavy atom. The molecule has 1 saturated carbocycles. The van der Waals surface area contributed by atoms with Crippen molar-refractivity contribution in [2.45, 2.75) is 32.2 Å². The van der Waals surface area contributed by atoms with E-state index in [1.165, 1.54) is 25.0 Å². The summed E-state index contributed by atoms with van der Waals surface area (Å²) in [5.41, 5.74) is 0.932. The second kappa shape index (κ2) is 7.22. The third-order valence-corrected chi connectivity index (χ3v) is 3.72. The van der Waals surface area contributed by atoms with Crippen LogP contribution in [-0.2, 0) is 4.74 Å². The molecule has 2 rings (SSSR count). The molecule has 1 aromatic carbocycles. The van der Waals surface area contributed by atoms with Crippen LogP contribution in [0.3, 0.4) is 0 Å². The van der Waals surface area contributed by atoms with Crippen molar-refractivity contribution in [2.75, 3.05) is 19.8 Å². The van der Waals surface area contributed by atoms with E-state index in [0.717, 1.165) is 37.7 Å². The summed E-state index contributed by atoms with van der Waals surface area (Å²) in [7, 11) is 0. The molecule has 4 heteroatoms. The van der Waals surface area contributed by atoms with Crippen molar-refractivity contribution in [3.8, 4) is 0 Å². The fourth-order valence-corrected chi connectivity index (χ4v) is 2.32. The molecule has 1 atom stereocenters. The van der Waals surface area contributed by atoms with E-state index in [2.05, 4.69) is 5.32 Å². The normalized spacial score (nSPS) is 16.6. The molecule has 0 heterocycles. The van der Waals surface area contributed by atoms with Gasteiger partial charge in [-0.2, -0.15) is 0 Å². The molecule has 19 heavy (non-hydrogen) atoms. The lowest BCUT2D eigenvalue weighted by Crippen LogP contribution is -2.21. The van der Waals surface area contributed by atoms with E-state index < -0.39 is 0 Å². The minimum Gasteiger partial charge on any atom is -0.381 e. The molecule has 0 aliphatic heterocycles. The molecule has 106 valence electrons. The molecule has 1 aliphatic rings. The highest BCUT2D eigenvalue weighted by atomic mass is 35.5. The zero-order valence-electron chi connectivity index (χ0n) is 11.3. The van der Waals surface area contributed by atoms with E-state index in [1.54, 1.807) is 6.07 Å². The molecule has 1 aromatic rings. The minimum atomic E-state index is -0.297. The highest BCUT2D eigenvalue weighted by molar-refractivity contribution is 6.31. The largest absolute Gasteiger partial charge is 0.381 e. The van der Waals surface area contributed by atoms with Crippen molar-refractivity contribution in [2.24, 2.45) is 5.92 Å². The van der Waals surface area contributed by atoms with Gasteiger partial charge in [0.15, 0.2) is 0 Å². The highest BCUT2D eigenvalue weighted by Gasteiger charge is 2.20. The van der Waals surface area contributed by atoms with Crippen LogP contribution in [0.5, 0.6) is 0 Å². The lowest BCUT2D eigenvalue weighted by molar-refractivity contribution is 0.121. The molecule has 0 aromatic heterocycles. The fraction of sp³-hybridized carbons (Fsp3) is 0.600. The van der Waals surface area contributed by atoms with E-state index in [0.29, 0.717) is 5.02 Å². The van der Waals surface area contributed by atoms with Crippen LogP contribution in [-0.4, -0.2) is 19.8 Å². The Morgan fingerprint density at radius 3 is 2.95 bits per heavy atom. The van der Waals surface area contributed by atoms with Crippen molar-refractivity contribution in [1.29, 1.82) is 0 Å². The molecular formula is C15H21ClFNO. The second-order valence-electron chi connectivity index (χ2n) is 5.21. The first-order chi connectivity index (χ1) is 9.16. The first-order valence-electron chi connectivity index (χ1n) is 6.93. The first-order valence-corrected chi connectivity index (χ1v) is 7.30. The van der Waals surface area contributed by atoms with Gasteiger partial charge in [-0.25, -0.2) is 4.39 Å². The Hall–Kier alpha value is -0.640. The molecular weight excluding hydrogens is 265 g/mol. The lowest BCUT2D eigenvalue weighted by atomic mass is 10.1. The van der Waals surface area contributed by atoms with Crippen molar-refractivity contribution < 1.29 is 9.13 Å². The molecule has 0 radical (unpaired) electrons. The van der Waals surface area contributed by atoms with Crippen LogP contribution in [0.4, 0.5) is 4.39 Å². The molecule has 0 amide bonds. The Morgan fingerprint density at radius 2 is 2.26 bits per heavy atom. The third kappa shape index (κ3) is 5.09. The molecule has 1 fully saturated rings. The second-order valence-corrected chi connectivity index (χ2v) is 5.62. The lowest BCUT2D eigenvalue weighted by Gasteiger charge is -2.15. The predicted octanol–water partition coefficient (Wildman–Crippen LogP) is 3.95. The maximum absolute atomic E-state index is 13.0. The van der Waals surface area contributed by atoms with Crippen molar-refractivity contribution >= 4 is 11.6 Å². The van der Waals surface area contributed by atoms with Gasteiger partial charge < -0.3 is 10.1 Å². The highest BCUT2D eigenvalue weighted by Crippen LogP contribution is 2.28. The number of ether oxygens (including phenoxy) is 1. The number of nitrogens with one attached hydrogen (secondary N) is 1. The van der Waals surface area contributed by atoms with Gasteiger partial charge in [0.2, 0.25) is 0 Å². The van der Waals surface area contributed by atoms with E-state index >= 15 is 0 Å². The Bertz CT molecular complexity index is 409. The van der Waals surface area contributed by atoms with Gasteiger partial charge >= 0.3 is 0 Å². The Balaban J connectivity index is 1.63. The summed E-state index contributed by atoms with van der Waals surface area (Å²) >= 11 is 6.02. The average molecular weight is 286 g/mol. The summed E-state index contributed by atoms with van der Waals surface area (Å²) in [4.78, 5) is 0. The van der Waals surface area contributed by atoms with E-state index in [1.807, 2.05) is 6.92 Å². The Kier molecular flexibility index (Phi) is 5.61. The van der Waals surface area contributed by atoms with Crippen LogP contribution in [0.25, 0.3) is 0 Å². The minimum absolute atomic E-state index is 0.122. The molecule has 0 bridgehead atoms. The molecule has 2 nitrogen and oxygen atoms in total. The van der Waals surface area contributed by atoms with Gasteiger partial charge in [0.05, 0.1) is 0 Å². The summed E-state index contributed by atoms with van der Waals surface area (Å²) in [6.45, 7) is 4.62. The fourth-order valence-electron chi connectivity index (χ4n) is 1.99. The van der Waals surface area contributed by atoms with E-state index in [4.69, 9.17) is 16.3 Å². The maximum Gasteiger partial charge on any atom is 0.124 e. The van der Waals surface area contributed by atoms with Gasteiger partial charge in [-0.15, -0.1) is 0 Å². The topological polar surface area (TPSA) is 21.3 Å². The van der Waals surface area contributed by atoms with Crippen LogP contribution in [0.15, 0.2) is 18.2 Å². The van der Waals surface area contributed by atoms with E-state index in [9.17, 15) is 4.39 Å². The molecule has 0 spiro atoms. The number of hydrogen-bond acceptors (Lipinski definition) is 2. The van der Waals surface area contributed by atoms with Crippen molar-refractivity contribution in [3.63, 3.8) is 0 Å². The average Bonchev–Trinajstić information content (AvgIpc) is 3.17. The van der Waals surface area contributed by atoms with Gasteiger partial charge in [-0.1, -0.05) is 17.7 Å². The molecule has 0 saturated heterocycles. The third-order valence-electron chi connectivity index (χ3n) is 3.40. The maximum atomic E-state index is 13.0. The number of halogens is 2. The Labute approximate surface area is 119 Å². The summed E-state index contributed by atoms with van der Waals surface area (Å²) in [6, 6.07) is 4.65. The summed E-state index contributed by atoms with van der Waals surface area (Å²) in [6.07, 6.45) is 3.65. The number of rotatable bonds is 8. The molecule has 1 aliphatic carbocycles. The predicted molar refractivity (Wildman–Crippen MR) is 76.0 cm³/mol. The van der Waals surface area contributed by atoms with Gasteiger partial charge in [-0.3, -0.25) is 0 Å². The van der Waals surface area contributed by atoms with Crippen LogP contribution in [0.1, 0.15) is 37.8 Å². The number of hydrogen-bond donors (Lipinski definition) is 1. The van der Waals surface area contributed by atoms with Crippen LogP contribution in [0, 0.1) is 11.7 Å². The summed E-state index contributed by atoms with van der Waals surface area (Å²) < 4.78 is 18.5. The van der Waals surface area contributed by atoms with Crippen molar-refractivity contribution in [3.05, 3.63) is 34.6 Å². The number of benzene rings is 1. The monoisotopic (exact) mass is 285 g/mol. The van der Waals surface area contributed by atoms with E-state index in [-0.39, 0.29) is 11.9 Å². The zero-order valence-corrected chi connectivity index (χ0v) is 12.0. The van der Waals surface area contributed by atoms with Gasteiger partial charge in [0.25, 0.3) is 0 Å². The quantitative estimate of drug-likeness (QED) is 0.730. The van der Waals surface area contributed by atoms with Gasteiger partial charge in [-0.05, 0) is 56.3 Å². The summed E-state index contributed by atoms with van der Waals surface area (Å²) in [5.74, 6) is 0.527. The van der Waals surface area contributed by atoms with Crippen molar-refractivity contribution in [1.82, 2.24) is 5.32 Å². The van der Waals surface area contributed by atoms with Gasteiger partial charge in [0, 0.05) is 24.3 Å². The van der Waals surface area contributed by atoms with Crippen LogP contribution in [0.2, 0.25) is 5.02 Å². The zero-order chi connectivity index (χ0) is 13.7. The first kappa shape index (κ1) is 14.8. The smallest absolute Gasteiger partial charge is 0.124 e. The van der Waals surface area contributed by atoms with Gasteiger partial charge in [0.1, 0.15) is 5.82 Å². The molecule has 1 N–H and O–H groups in total. The summed E-state index contributed by atoms with van der Waals surface area (Å²) in [5, 5.41) is 3.85. The SMILES string of the molecule is CC(NCCCOCC1CC1)c1ccc(F)cc1Cl. The van der Waals surface area contributed by atoms with Crippen LogP contribution >= 0.6 is 11.6 Å². The molecule has 1 unspecified atom stereocenters. The standard InChI is InChI=1S/C15H21ClFNO/c1-11(14-6-5-13(17)9-15(14)16)18-7-2-8-19-10-12-3-4-12/h5-6,9,11-12,18H,2-4,7-8,10H2,1H3.